The van der Waals surface area contributed by atoms with E-state index < -0.39 is 10.8 Å². The maximum absolute atomic E-state index is 13.2. The van der Waals surface area contributed by atoms with E-state index in [-0.39, 0.29) is 22.2 Å². The fourth-order valence-corrected chi connectivity index (χ4v) is 6.52. The van der Waals surface area contributed by atoms with Crippen molar-refractivity contribution in [3.63, 3.8) is 0 Å². The molecule has 4 rings (SSSR count). The van der Waals surface area contributed by atoms with Crippen LogP contribution in [-0.2, 0) is 10.8 Å². The van der Waals surface area contributed by atoms with Gasteiger partial charge in [0, 0.05) is 38.2 Å². The summed E-state index contributed by atoms with van der Waals surface area (Å²) in [6.07, 6.45) is 4.74. The van der Waals surface area contributed by atoms with Gasteiger partial charge in [0.05, 0.1) is 7.11 Å². The highest BCUT2D eigenvalue weighted by Gasteiger charge is 2.40. The van der Waals surface area contributed by atoms with Crippen molar-refractivity contribution in [2.45, 2.75) is 42.6 Å². The Balaban J connectivity index is 1.70. The first-order chi connectivity index (χ1) is 11.7. The Hall–Kier alpha value is -1.68. The van der Waals surface area contributed by atoms with E-state index in [2.05, 4.69) is 0 Å². The molecule has 2 fully saturated rings. The van der Waals surface area contributed by atoms with Crippen molar-refractivity contribution in [2.24, 2.45) is 5.92 Å². The highest BCUT2D eigenvalue weighted by Crippen LogP contribution is 2.39. The molecule has 2 aliphatic rings. The predicted octanol–water partition coefficient (Wildman–Crippen LogP) is 4.11. The number of methoxy groups -OCH3 is 1. The molecule has 2 saturated heterocycles. The van der Waals surface area contributed by atoms with Gasteiger partial charge in [0.15, 0.2) is 5.78 Å². The lowest BCUT2D eigenvalue weighted by molar-refractivity contribution is 0.0897. The van der Waals surface area contributed by atoms with Crippen LogP contribution < -0.4 is 4.74 Å². The van der Waals surface area contributed by atoms with Gasteiger partial charge in [0.1, 0.15) is 5.75 Å². The van der Waals surface area contributed by atoms with Crippen LogP contribution in [0.2, 0.25) is 0 Å². The molecule has 2 bridgehead atoms. The number of carbonyl (C=O) groups is 1. The van der Waals surface area contributed by atoms with Crippen molar-refractivity contribution in [1.82, 2.24) is 0 Å². The molecular formula is C20H22O3S. The third-order valence-electron chi connectivity index (χ3n) is 5.54. The van der Waals surface area contributed by atoms with Crippen LogP contribution in [0.25, 0.3) is 10.8 Å². The van der Waals surface area contributed by atoms with E-state index in [1.807, 2.05) is 36.4 Å². The Morgan fingerprint density at radius 2 is 1.71 bits per heavy atom. The second-order valence-corrected chi connectivity index (χ2v) is 8.89. The second-order valence-electron chi connectivity index (χ2n) is 6.90. The molecule has 2 aliphatic heterocycles. The first kappa shape index (κ1) is 15.8. The number of hydrogen-bond donors (Lipinski definition) is 0. The van der Waals surface area contributed by atoms with Gasteiger partial charge in [-0.1, -0.05) is 30.7 Å². The highest BCUT2D eigenvalue weighted by atomic mass is 32.2. The zero-order valence-electron chi connectivity index (χ0n) is 13.9. The van der Waals surface area contributed by atoms with Crippen LogP contribution in [0.4, 0.5) is 0 Å². The predicted molar refractivity (Wildman–Crippen MR) is 97.1 cm³/mol. The van der Waals surface area contributed by atoms with Crippen LogP contribution in [0.3, 0.4) is 0 Å². The van der Waals surface area contributed by atoms with Crippen LogP contribution >= 0.6 is 0 Å². The van der Waals surface area contributed by atoms with Gasteiger partial charge < -0.3 is 4.74 Å². The standard InChI is InChI=1S/C20H22O3S/c1-23-19-10-9-18(16-7-2-3-8-17(16)19)20(21)13-11-14-5-4-6-15(12-13)24(14)22/h2-3,7-10,13-15H,4-6,11-12H2,1H3. The fourth-order valence-electron chi connectivity index (χ4n) is 4.33. The lowest BCUT2D eigenvalue weighted by Gasteiger charge is -2.37. The van der Waals surface area contributed by atoms with E-state index in [4.69, 9.17) is 4.74 Å². The zero-order chi connectivity index (χ0) is 16.7. The molecule has 0 amide bonds. The van der Waals surface area contributed by atoms with Crippen LogP contribution in [0.1, 0.15) is 42.5 Å². The highest BCUT2D eigenvalue weighted by molar-refractivity contribution is 7.86. The van der Waals surface area contributed by atoms with Gasteiger partial charge in [0.25, 0.3) is 0 Å². The molecule has 2 aromatic carbocycles. The minimum Gasteiger partial charge on any atom is -0.496 e. The molecule has 4 heteroatoms. The van der Waals surface area contributed by atoms with Gasteiger partial charge in [0.2, 0.25) is 0 Å². The van der Waals surface area contributed by atoms with E-state index in [0.29, 0.717) is 0 Å². The topological polar surface area (TPSA) is 43.4 Å². The molecule has 0 aliphatic carbocycles. The number of ether oxygens (including phenoxy) is 1. The summed E-state index contributed by atoms with van der Waals surface area (Å²) in [6, 6.07) is 11.7. The van der Waals surface area contributed by atoms with Crippen LogP contribution in [0, 0.1) is 5.92 Å². The fraction of sp³-hybridized carbons (Fsp3) is 0.450. The summed E-state index contributed by atoms with van der Waals surface area (Å²) in [5, 5.41) is 2.37. The Morgan fingerprint density at radius 3 is 2.38 bits per heavy atom. The third-order valence-corrected chi connectivity index (χ3v) is 7.71. The summed E-state index contributed by atoms with van der Waals surface area (Å²) < 4.78 is 17.8. The maximum Gasteiger partial charge on any atom is 0.166 e. The van der Waals surface area contributed by atoms with Crippen molar-refractivity contribution >= 4 is 27.4 Å². The minimum atomic E-state index is -0.734. The van der Waals surface area contributed by atoms with E-state index >= 15 is 0 Å². The largest absolute Gasteiger partial charge is 0.496 e. The lowest BCUT2D eigenvalue weighted by atomic mass is 9.83. The van der Waals surface area contributed by atoms with Crippen molar-refractivity contribution < 1.29 is 13.7 Å². The number of rotatable bonds is 3. The summed E-state index contributed by atoms with van der Waals surface area (Å²) in [4.78, 5) is 13.2. The Bertz CT molecular complexity index is 798. The average molecular weight is 342 g/mol. The number of ketones is 1. The van der Waals surface area contributed by atoms with Crippen LogP contribution in [0.15, 0.2) is 36.4 Å². The van der Waals surface area contributed by atoms with Crippen LogP contribution in [-0.4, -0.2) is 27.6 Å². The van der Waals surface area contributed by atoms with E-state index in [1.54, 1.807) is 7.11 Å². The SMILES string of the molecule is COc1ccc(C(=O)C2CC3CCCC(C2)S3=O)c2ccccc12. The quantitative estimate of drug-likeness (QED) is 0.789. The molecule has 126 valence electrons. The summed E-state index contributed by atoms with van der Waals surface area (Å²) >= 11 is 0. The van der Waals surface area contributed by atoms with Crippen molar-refractivity contribution in [3.05, 3.63) is 42.0 Å². The number of carbonyl (C=O) groups excluding carboxylic acids is 1. The van der Waals surface area contributed by atoms with Gasteiger partial charge >= 0.3 is 0 Å². The Labute approximate surface area is 144 Å². The van der Waals surface area contributed by atoms with E-state index in [9.17, 15) is 9.00 Å². The molecule has 0 N–H and O–H groups in total. The van der Waals surface area contributed by atoms with Crippen molar-refractivity contribution in [1.29, 1.82) is 0 Å². The van der Waals surface area contributed by atoms with Gasteiger partial charge in [-0.2, -0.15) is 0 Å². The Morgan fingerprint density at radius 1 is 1.04 bits per heavy atom. The number of hydrogen-bond acceptors (Lipinski definition) is 3. The molecule has 0 saturated carbocycles. The molecule has 2 unspecified atom stereocenters. The number of benzene rings is 2. The summed E-state index contributed by atoms with van der Waals surface area (Å²) in [5.41, 5.74) is 0.780. The average Bonchev–Trinajstić information content (AvgIpc) is 2.60. The molecule has 2 heterocycles. The number of fused-ring (bicyclic) bond motifs is 3. The third kappa shape index (κ3) is 2.57. The van der Waals surface area contributed by atoms with Crippen LogP contribution in [0.5, 0.6) is 5.75 Å². The first-order valence-corrected chi connectivity index (χ1v) is 9.96. The summed E-state index contributed by atoms with van der Waals surface area (Å²) in [5.74, 6) is 1.01. The molecule has 0 aromatic heterocycles. The van der Waals surface area contributed by atoms with Gasteiger partial charge in [-0.15, -0.1) is 0 Å². The molecule has 3 nitrogen and oxygen atoms in total. The van der Waals surface area contributed by atoms with Gasteiger partial charge in [-0.25, -0.2) is 0 Å². The summed E-state index contributed by atoms with van der Waals surface area (Å²) in [7, 11) is 0.920. The first-order valence-electron chi connectivity index (χ1n) is 8.68. The van der Waals surface area contributed by atoms with E-state index in [1.165, 1.54) is 0 Å². The normalized spacial score (nSPS) is 29.4. The lowest BCUT2D eigenvalue weighted by Crippen LogP contribution is -2.41. The molecule has 2 aromatic rings. The molecule has 0 spiro atoms. The van der Waals surface area contributed by atoms with Crippen molar-refractivity contribution in [3.8, 4) is 5.75 Å². The second kappa shape index (κ2) is 6.32. The van der Waals surface area contributed by atoms with Gasteiger partial charge in [-0.05, 0) is 43.2 Å². The molecule has 0 radical (unpaired) electrons. The van der Waals surface area contributed by atoms with Crippen molar-refractivity contribution in [2.75, 3.05) is 7.11 Å². The smallest absolute Gasteiger partial charge is 0.166 e. The van der Waals surface area contributed by atoms with E-state index in [0.717, 1.165) is 54.2 Å². The van der Waals surface area contributed by atoms with Gasteiger partial charge in [-0.3, -0.25) is 9.00 Å². The number of Topliss-reactive ketones (excluding diaryl/α,β-unsaturated/α-hetero) is 1. The molecular weight excluding hydrogens is 320 g/mol. The monoisotopic (exact) mass is 342 g/mol. The maximum atomic E-state index is 13.2. The molecule has 2 atom stereocenters. The zero-order valence-corrected chi connectivity index (χ0v) is 14.7. The summed E-state index contributed by atoms with van der Waals surface area (Å²) in [6.45, 7) is 0. The Kier molecular flexibility index (Phi) is 4.17. The minimum absolute atomic E-state index is 0.00908. The molecule has 24 heavy (non-hydrogen) atoms.